The van der Waals surface area contributed by atoms with E-state index in [4.69, 9.17) is 32.7 Å². The normalized spacial score (nSPS) is 12.5. The smallest absolute Gasteiger partial charge is 0.139 e. The molecular formula is C12H16BrCl2NO2. The lowest BCUT2D eigenvalue weighted by Crippen LogP contribution is -2.33. The van der Waals surface area contributed by atoms with E-state index in [1.807, 2.05) is 6.92 Å². The summed E-state index contributed by atoms with van der Waals surface area (Å²) in [6, 6.07) is 3.72. The van der Waals surface area contributed by atoms with Crippen molar-refractivity contribution in [2.24, 2.45) is 0 Å². The predicted molar refractivity (Wildman–Crippen MR) is 79.0 cm³/mol. The van der Waals surface area contributed by atoms with Crippen molar-refractivity contribution in [3.8, 4) is 5.75 Å². The number of hydrogen-bond donors (Lipinski definition) is 1. The van der Waals surface area contributed by atoms with Gasteiger partial charge < -0.3 is 14.8 Å². The maximum atomic E-state index is 6.04. The highest BCUT2D eigenvalue weighted by atomic mass is 79.9. The molecule has 0 spiro atoms. The van der Waals surface area contributed by atoms with Gasteiger partial charge in [-0.2, -0.15) is 0 Å². The Labute approximate surface area is 126 Å². The first-order valence-corrected chi connectivity index (χ1v) is 7.09. The minimum atomic E-state index is 0.294. The summed E-state index contributed by atoms with van der Waals surface area (Å²) in [6.45, 7) is 3.96. The van der Waals surface area contributed by atoms with Crippen molar-refractivity contribution in [2.75, 3.05) is 26.9 Å². The summed E-state index contributed by atoms with van der Waals surface area (Å²) in [5, 5.41) is 4.38. The zero-order chi connectivity index (χ0) is 13.5. The van der Waals surface area contributed by atoms with Crippen LogP contribution < -0.4 is 10.1 Å². The molecule has 0 fully saturated rings. The van der Waals surface area contributed by atoms with Gasteiger partial charge in [0.05, 0.1) is 16.7 Å². The molecule has 6 heteroatoms. The highest BCUT2D eigenvalue weighted by Crippen LogP contribution is 2.33. The van der Waals surface area contributed by atoms with Crippen LogP contribution in [0.15, 0.2) is 16.6 Å². The molecule has 1 rings (SSSR count). The molecule has 0 aromatic heterocycles. The molecule has 18 heavy (non-hydrogen) atoms. The van der Waals surface area contributed by atoms with E-state index in [1.54, 1.807) is 19.2 Å². The van der Waals surface area contributed by atoms with E-state index in [0.29, 0.717) is 41.6 Å². The number of methoxy groups -OCH3 is 1. The third kappa shape index (κ3) is 5.33. The van der Waals surface area contributed by atoms with Gasteiger partial charge in [0.25, 0.3) is 0 Å². The van der Waals surface area contributed by atoms with Crippen LogP contribution in [0.4, 0.5) is 0 Å². The minimum absolute atomic E-state index is 0.294. The second-order valence-electron chi connectivity index (χ2n) is 3.86. The molecule has 1 aromatic carbocycles. The molecule has 1 atom stereocenters. The van der Waals surface area contributed by atoms with Gasteiger partial charge in [-0.3, -0.25) is 0 Å². The number of rotatable bonds is 7. The second kappa shape index (κ2) is 8.23. The summed E-state index contributed by atoms with van der Waals surface area (Å²) in [5.41, 5.74) is 0. The Bertz CT molecular complexity index is 391. The summed E-state index contributed by atoms with van der Waals surface area (Å²) >= 11 is 15.3. The van der Waals surface area contributed by atoms with Crippen LogP contribution in [0.3, 0.4) is 0 Å². The number of benzene rings is 1. The molecule has 1 N–H and O–H groups in total. The molecule has 0 saturated heterocycles. The average Bonchev–Trinajstić information content (AvgIpc) is 2.31. The molecule has 0 heterocycles. The Hall–Kier alpha value is -0.0000000000000000555. The van der Waals surface area contributed by atoms with Crippen molar-refractivity contribution in [1.82, 2.24) is 5.32 Å². The molecule has 102 valence electrons. The molecule has 0 radical (unpaired) electrons. The van der Waals surface area contributed by atoms with Crippen LogP contribution in [0.5, 0.6) is 5.75 Å². The first-order valence-electron chi connectivity index (χ1n) is 5.54. The standard InChI is InChI=1S/C12H16BrCl2NO2/c1-8(7-17-2)16-3-4-18-12-6-10(14)9(13)5-11(12)15/h5-6,8,16H,3-4,7H2,1-2H3. The molecule has 0 amide bonds. The average molecular weight is 357 g/mol. The number of ether oxygens (including phenoxy) is 2. The molecule has 0 aliphatic carbocycles. The van der Waals surface area contributed by atoms with E-state index >= 15 is 0 Å². The lowest BCUT2D eigenvalue weighted by atomic mass is 10.3. The van der Waals surface area contributed by atoms with Gasteiger partial charge in [0, 0.05) is 30.2 Å². The summed E-state index contributed by atoms with van der Waals surface area (Å²) in [7, 11) is 1.68. The van der Waals surface area contributed by atoms with Gasteiger partial charge in [-0.1, -0.05) is 23.2 Å². The lowest BCUT2D eigenvalue weighted by molar-refractivity contribution is 0.169. The van der Waals surface area contributed by atoms with E-state index in [2.05, 4.69) is 21.2 Å². The maximum absolute atomic E-state index is 6.04. The van der Waals surface area contributed by atoms with Crippen molar-refractivity contribution in [3.05, 3.63) is 26.7 Å². The van der Waals surface area contributed by atoms with Crippen LogP contribution in [0.2, 0.25) is 10.0 Å². The Morgan fingerprint density at radius 3 is 2.72 bits per heavy atom. The fourth-order valence-electron chi connectivity index (χ4n) is 1.39. The number of hydrogen-bond acceptors (Lipinski definition) is 3. The fourth-order valence-corrected chi connectivity index (χ4v) is 2.24. The van der Waals surface area contributed by atoms with Gasteiger partial charge in [-0.05, 0) is 28.9 Å². The summed E-state index contributed by atoms with van der Waals surface area (Å²) in [5.74, 6) is 0.589. The van der Waals surface area contributed by atoms with Gasteiger partial charge in [-0.15, -0.1) is 0 Å². The molecule has 3 nitrogen and oxygen atoms in total. The third-order valence-electron chi connectivity index (χ3n) is 2.24. The Kier molecular flexibility index (Phi) is 7.34. The predicted octanol–water partition coefficient (Wildman–Crippen LogP) is 3.76. The molecule has 0 saturated carbocycles. The van der Waals surface area contributed by atoms with Crippen LogP contribution in [-0.4, -0.2) is 32.9 Å². The van der Waals surface area contributed by atoms with Crippen LogP contribution in [0.25, 0.3) is 0 Å². The van der Waals surface area contributed by atoms with Crippen molar-refractivity contribution >= 4 is 39.1 Å². The molecule has 0 bridgehead atoms. The van der Waals surface area contributed by atoms with E-state index in [9.17, 15) is 0 Å². The maximum Gasteiger partial charge on any atom is 0.139 e. The van der Waals surface area contributed by atoms with Crippen molar-refractivity contribution in [3.63, 3.8) is 0 Å². The molecule has 1 unspecified atom stereocenters. The van der Waals surface area contributed by atoms with E-state index in [0.717, 1.165) is 4.47 Å². The quantitative estimate of drug-likeness (QED) is 0.596. The Morgan fingerprint density at radius 2 is 2.06 bits per heavy atom. The van der Waals surface area contributed by atoms with Crippen LogP contribution in [0.1, 0.15) is 6.92 Å². The second-order valence-corrected chi connectivity index (χ2v) is 5.52. The van der Waals surface area contributed by atoms with Gasteiger partial charge in [-0.25, -0.2) is 0 Å². The SMILES string of the molecule is COCC(C)NCCOc1cc(Cl)c(Br)cc1Cl. The van der Waals surface area contributed by atoms with Crippen molar-refractivity contribution < 1.29 is 9.47 Å². The van der Waals surface area contributed by atoms with Gasteiger partial charge >= 0.3 is 0 Å². The third-order valence-corrected chi connectivity index (χ3v) is 3.74. The highest BCUT2D eigenvalue weighted by Gasteiger charge is 2.07. The zero-order valence-corrected chi connectivity index (χ0v) is 13.4. The molecule has 0 aliphatic rings. The van der Waals surface area contributed by atoms with Crippen LogP contribution in [0, 0.1) is 0 Å². The highest BCUT2D eigenvalue weighted by molar-refractivity contribution is 9.10. The van der Waals surface area contributed by atoms with Crippen molar-refractivity contribution in [2.45, 2.75) is 13.0 Å². The van der Waals surface area contributed by atoms with Gasteiger partial charge in [0.2, 0.25) is 0 Å². The van der Waals surface area contributed by atoms with Gasteiger partial charge in [0.1, 0.15) is 12.4 Å². The minimum Gasteiger partial charge on any atom is -0.491 e. The summed E-state index contributed by atoms with van der Waals surface area (Å²) < 4.78 is 11.3. The first-order chi connectivity index (χ1) is 8.54. The van der Waals surface area contributed by atoms with E-state index in [-0.39, 0.29) is 0 Å². The number of halogens is 3. The lowest BCUT2D eigenvalue weighted by Gasteiger charge is -2.14. The number of nitrogens with one attached hydrogen (secondary N) is 1. The summed E-state index contributed by atoms with van der Waals surface area (Å²) in [6.07, 6.45) is 0. The molecular weight excluding hydrogens is 341 g/mol. The van der Waals surface area contributed by atoms with E-state index < -0.39 is 0 Å². The van der Waals surface area contributed by atoms with E-state index in [1.165, 1.54) is 0 Å². The van der Waals surface area contributed by atoms with Gasteiger partial charge in [0.15, 0.2) is 0 Å². The van der Waals surface area contributed by atoms with Crippen LogP contribution >= 0.6 is 39.1 Å². The van der Waals surface area contributed by atoms with Crippen molar-refractivity contribution in [1.29, 1.82) is 0 Å². The molecule has 0 aliphatic heterocycles. The zero-order valence-electron chi connectivity index (χ0n) is 10.3. The molecule has 1 aromatic rings. The first kappa shape index (κ1) is 16.1. The topological polar surface area (TPSA) is 30.5 Å². The largest absolute Gasteiger partial charge is 0.491 e. The Balaban J connectivity index is 2.38. The fraction of sp³-hybridized carbons (Fsp3) is 0.500. The summed E-state index contributed by atoms with van der Waals surface area (Å²) in [4.78, 5) is 0. The Morgan fingerprint density at radius 1 is 1.33 bits per heavy atom. The van der Waals surface area contributed by atoms with Crippen LogP contribution in [-0.2, 0) is 4.74 Å². The monoisotopic (exact) mass is 355 g/mol.